The van der Waals surface area contributed by atoms with Crippen LogP contribution in [-0.2, 0) is 6.42 Å². The van der Waals surface area contributed by atoms with Crippen molar-refractivity contribution in [2.45, 2.75) is 19.8 Å². The standard InChI is InChI=1S/C12H14BrN/c1-8-9(7-14)5-6-11-10(8)3-2-4-12(11)13/h2-4H,5-7,14H2,1H3. The number of halogens is 1. The highest BCUT2D eigenvalue weighted by molar-refractivity contribution is 9.10. The van der Waals surface area contributed by atoms with Crippen LogP contribution in [0, 0.1) is 0 Å². The van der Waals surface area contributed by atoms with Crippen LogP contribution in [0.25, 0.3) is 5.57 Å². The quantitative estimate of drug-likeness (QED) is 0.816. The second kappa shape index (κ2) is 3.87. The van der Waals surface area contributed by atoms with Gasteiger partial charge in [0.25, 0.3) is 0 Å². The SMILES string of the molecule is CC1=C(CN)CCc2c(Br)cccc21. The highest BCUT2D eigenvalue weighted by Gasteiger charge is 2.16. The van der Waals surface area contributed by atoms with Gasteiger partial charge in [0.1, 0.15) is 0 Å². The molecule has 74 valence electrons. The van der Waals surface area contributed by atoms with Gasteiger partial charge >= 0.3 is 0 Å². The summed E-state index contributed by atoms with van der Waals surface area (Å²) in [6, 6.07) is 6.38. The van der Waals surface area contributed by atoms with Crippen molar-refractivity contribution in [2.75, 3.05) is 6.54 Å². The number of hydrogen-bond donors (Lipinski definition) is 1. The molecular weight excluding hydrogens is 238 g/mol. The minimum absolute atomic E-state index is 0.692. The molecule has 1 aliphatic rings. The molecular formula is C12H14BrN. The van der Waals surface area contributed by atoms with Gasteiger partial charge in [0, 0.05) is 11.0 Å². The Morgan fingerprint density at radius 1 is 1.36 bits per heavy atom. The third-order valence-corrected chi connectivity index (χ3v) is 3.72. The van der Waals surface area contributed by atoms with Crippen LogP contribution in [-0.4, -0.2) is 6.54 Å². The molecule has 0 fully saturated rings. The molecule has 0 saturated heterocycles. The van der Waals surface area contributed by atoms with Crippen LogP contribution in [0.5, 0.6) is 0 Å². The average molecular weight is 252 g/mol. The summed E-state index contributed by atoms with van der Waals surface area (Å²) in [4.78, 5) is 0. The van der Waals surface area contributed by atoms with Gasteiger partial charge in [-0.3, -0.25) is 0 Å². The van der Waals surface area contributed by atoms with E-state index in [-0.39, 0.29) is 0 Å². The fourth-order valence-electron chi connectivity index (χ4n) is 2.07. The topological polar surface area (TPSA) is 26.0 Å². The van der Waals surface area contributed by atoms with Gasteiger partial charge in [0.15, 0.2) is 0 Å². The van der Waals surface area contributed by atoms with Gasteiger partial charge in [-0.05, 0) is 42.5 Å². The molecule has 0 heterocycles. The number of benzene rings is 1. The number of hydrogen-bond acceptors (Lipinski definition) is 1. The molecule has 0 radical (unpaired) electrons. The van der Waals surface area contributed by atoms with E-state index in [1.54, 1.807) is 0 Å². The Balaban J connectivity index is 2.58. The summed E-state index contributed by atoms with van der Waals surface area (Å²) >= 11 is 3.60. The van der Waals surface area contributed by atoms with Gasteiger partial charge in [-0.1, -0.05) is 33.6 Å². The van der Waals surface area contributed by atoms with Crippen molar-refractivity contribution in [2.24, 2.45) is 5.73 Å². The van der Waals surface area contributed by atoms with Crippen LogP contribution >= 0.6 is 15.9 Å². The van der Waals surface area contributed by atoms with E-state index in [0.29, 0.717) is 6.54 Å². The molecule has 0 saturated carbocycles. The zero-order valence-electron chi connectivity index (χ0n) is 8.31. The highest BCUT2D eigenvalue weighted by Crippen LogP contribution is 2.34. The lowest BCUT2D eigenvalue weighted by molar-refractivity contribution is 0.877. The molecule has 0 bridgehead atoms. The van der Waals surface area contributed by atoms with Gasteiger partial charge in [0.05, 0.1) is 0 Å². The van der Waals surface area contributed by atoms with Gasteiger partial charge < -0.3 is 5.73 Å². The number of fused-ring (bicyclic) bond motifs is 1. The summed E-state index contributed by atoms with van der Waals surface area (Å²) in [5, 5.41) is 0. The van der Waals surface area contributed by atoms with Gasteiger partial charge in [-0.2, -0.15) is 0 Å². The first-order chi connectivity index (χ1) is 6.74. The van der Waals surface area contributed by atoms with Crippen molar-refractivity contribution in [1.29, 1.82) is 0 Å². The lowest BCUT2D eigenvalue weighted by Crippen LogP contribution is -2.11. The third-order valence-electron chi connectivity index (χ3n) is 2.98. The van der Waals surface area contributed by atoms with Crippen LogP contribution in [0.2, 0.25) is 0 Å². The largest absolute Gasteiger partial charge is 0.327 e. The Hall–Kier alpha value is -0.600. The Morgan fingerprint density at radius 3 is 2.86 bits per heavy atom. The van der Waals surface area contributed by atoms with E-state index in [2.05, 4.69) is 41.1 Å². The smallest absolute Gasteiger partial charge is 0.0213 e. The van der Waals surface area contributed by atoms with Crippen LogP contribution in [0.4, 0.5) is 0 Å². The maximum absolute atomic E-state index is 5.72. The van der Waals surface area contributed by atoms with Crippen LogP contribution in [0.1, 0.15) is 24.5 Å². The predicted molar refractivity (Wildman–Crippen MR) is 64.1 cm³/mol. The van der Waals surface area contributed by atoms with E-state index in [1.807, 2.05) is 0 Å². The molecule has 2 N–H and O–H groups in total. The fourth-order valence-corrected chi connectivity index (χ4v) is 2.64. The average Bonchev–Trinajstić information content (AvgIpc) is 2.20. The molecule has 2 rings (SSSR count). The number of nitrogens with two attached hydrogens (primary N) is 1. The van der Waals surface area contributed by atoms with E-state index in [4.69, 9.17) is 5.73 Å². The van der Waals surface area contributed by atoms with Crippen molar-refractivity contribution in [3.05, 3.63) is 39.4 Å². The third kappa shape index (κ3) is 1.53. The van der Waals surface area contributed by atoms with Gasteiger partial charge in [0.2, 0.25) is 0 Å². The van der Waals surface area contributed by atoms with Crippen LogP contribution in [0.3, 0.4) is 0 Å². The molecule has 14 heavy (non-hydrogen) atoms. The Kier molecular flexibility index (Phi) is 2.75. The monoisotopic (exact) mass is 251 g/mol. The maximum Gasteiger partial charge on any atom is 0.0213 e. The summed E-state index contributed by atoms with van der Waals surface area (Å²) in [5.74, 6) is 0. The van der Waals surface area contributed by atoms with E-state index < -0.39 is 0 Å². The number of allylic oxidation sites excluding steroid dienone is 1. The molecule has 0 spiro atoms. The van der Waals surface area contributed by atoms with Crippen LogP contribution < -0.4 is 5.73 Å². The number of rotatable bonds is 1. The van der Waals surface area contributed by atoms with Crippen molar-refractivity contribution in [1.82, 2.24) is 0 Å². The minimum atomic E-state index is 0.692. The zero-order valence-corrected chi connectivity index (χ0v) is 9.89. The summed E-state index contributed by atoms with van der Waals surface area (Å²) in [6.45, 7) is 2.87. The Labute approximate surface area is 93.1 Å². The van der Waals surface area contributed by atoms with Crippen molar-refractivity contribution < 1.29 is 0 Å². The lowest BCUT2D eigenvalue weighted by atomic mass is 9.86. The predicted octanol–water partition coefficient (Wildman–Crippen LogP) is 3.13. The minimum Gasteiger partial charge on any atom is -0.327 e. The first kappa shape index (κ1) is 9.94. The summed E-state index contributed by atoms with van der Waals surface area (Å²) < 4.78 is 1.23. The fraction of sp³-hybridized carbons (Fsp3) is 0.333. The second-order valence-electron chi connectivity index (χ2n) is 3.70. The molecule has 1 aromatic carbocycles. The maximum atomic E-state index is 5.72. The molecule has 1 nitrogen and oxygen atoms in total. The molecule has 0 atom stereocenters. The van der Waals surface area contributed by atoms with E-state index in [0.717, 1.165) is 12.8 Å². The van der Waals surface area contributed by atoms with E-state index in [1.165, 1.54) is 26.7 Å². The van der Waals surface area contributed by atoms with Gasteiger partial charge in [-0.25, -0.2) is 0 Å². The Morgan fingerprint density at radius 2 is 2.14 bits per heavy atom. The molecule has 0 aromatic heterocycles. The van der Waals surface area contributed by atoms with Crippen LogP contribution in [0.15, 0.2) is 28.2 Å². The zero-order chi connectivity index (χ0) is 10.1. The van der Waals surface area contributed by atoms with Crippen molar-refractivity contribution in [3.8, 4) is 0 Å². The molecule has 2 heteroatoms. The first-order valence-electron chi connectivity index (χ1n) is 4.90. The molecule has 1 aliphatic carbocycles. The van der Waals surface area contributed by atoms with E-state index in [9.17, 15) is 0 Å². The highest BCUT2D eigenvalue weighted by atomic mass is 79.9. The molecule has 1 aromatic rings. The summed E-state index contributed by atoms with van der Waals surface area (Å²) in [7, 11) is 0. The summed E-state index contributed by atoms with van der Waals surface area (Å²) in [5.41, 5.74) is 11.3. The van der Waals surface area contributed by atoms with Crippen molar-refractivity contribution >= 4 is 21.5 Å². The van der Waals surface area contributed by atoms with Gasteiger partial charge in [-0.15, -0.1) is 0 Å². The lowest BCUT2D eigenvalue weighted by Gasteiger charge is -2.21. The first-order valence-corrected chi connectivity index (χ1v) is 5.69. The van der Waals surface area contributed by atoms with E-state index >= 15 is 0 Å². The Bertz CT molecular complexity index is 393. The summed E-state index contributed by atoms with van der Waals surface area (Å²) in [6.07, 6.45) is 2.22. The van der Waals surface area contributed by atoms with Crippen molar-refractivity contribution in [3.63, 3.8) is 0 Å². The normalized spacial score (nSPS) is 15.6. The molecule has 0 amide bonds. The molecule has 0 unspecified atom stereocenters. The second-order valence-corrected chi connectivity index (χ2v) is 4.55. The molecule has 0 aliphatic heterocycles.